The van der Waals surface area contributed by atoms with E-state index >= 15 is 0 Å². The van der Waals surface area contributed by atoms with Crippen LogP contribution in [0.5, 0.6) is 0 Å². The number of alkyl halides is 3. The van der Waals surface area contributed by atoms with Crippen LogP contribution in [0, 0.1) is 0 Å². The molecule has 6 nitrogen and oxygen atoms in total. The largest absolute Gasteiger partial charge is 0.417 e. The topological polar surface area (TPSA) is 79.8 Å². The summed E-state index contributed by atoms with van der Waals surface area (Å²) in [6.07, 6.45) is -2.64. The minimum absolute atomic E-state index is 0.0294. The summed E-state index contributed by atoms with van der Waals surface area (Å²) in [5.41, 5.74) is -1.25. The third-order valence-electron chi connectivity index (χ3n) is 3.36. The van der Waals surface area contributed by atoms with Crippen LogP contribution < -0.4 is 10.9 Å². The zero-order valence-corrected chi connectivity index (χ0v) is 12.5. The molecule has 0 bridgehead atoms. The Morgan fingerprint density at radius 2 is 1.84 bits per heavy atom. The van der Waals surface area contributed by atoms with Gasteiger partial charge in [0.2, 0.25) is 0 Å². The van der Waals surface area contributed by atoms with Crippen molar-refractivity contribution in [2.75, 3.05) is 5.32 Å². The van der Waals surface area contributed by atoms with Crippen molar-refractivity contribution < 1.29 is 18.0 Å². The van der Waals surface area contributed by atoms with Crippen molar-refractivity contribution in [1.29, 1.82) is 0 Å². The van der Waals surface area contributed by atoms with Gasteiger partial charge in [-0.15, -0.1) is 0 Å². The second kappa shape index (κ2) is 6.27. The molecule has 9 heteroatoms. The van der Waals surface area contributed by atoms with E-state index < -0.39 is 23.2 Å². The number of pyridine rings is 1. The average molecular weight is 348 g/mol. The average Bonchev–Trinajstić information content (AvgIpc) is 2.96. The molecule has 0 fully saturated rings. The lowest BCUT2D eigenvalue weighted by atomic mass is 10.2. The second-order valence-electron chi connectivity index (χ2n) is 5.05. The summed E-state index contributed by atoms with van der Waals surface area (Å²) in [5, 5.41) is 4.99. The summed E-state index contributed by atoms with van der Waals surface area (Å²) < 4.78 is 38.6. The zero-order chi connectivity index (χ0) is 18.0. The molecule has 0 aliphatic rings. The summed E-state index contributed by atoms with van der Waals surface area (Å²) in [6, 6.07) is 10.1. The van der Waals surface area contributed by atoms with E-state index in [-0.39, 0.29) is 11.5 Å². The van der Waals surface area contributed by atoms with Crippen molar-refractivity contribution in [3.8, 4) is 5.82 Å². The molecule has 2 aromatic heterocycles. The highest BCUT2D eigenvalue weighted by molar-refractivity contribution is 6.04. The summed E-state index contributed by atoms with van der Waals surface area (Å²) in [6.45, 7) is 0. The lowest BCUT2D eigenvalue weighted by Gasteiger charge is -2.06. The highest BCUT2D eigenvalue weighted by Crippen LogP contribution is 2.28. The van der Waals surface area contributed by atoms with Gasteiger partial charge in [0.15, 0.2) is 5.82 Å². The Morgan fingerprint density at radius 3 is 2.44 bits per heavy atom. The SMILES string of the molecule is O=C(Nc1c[nH]n(-c2ccc(C(F)(F)F)cn2)c1=O)c1ccccc1. The molecule has 3 aromatic rings. The van der Waals surface area contributed by atoms with Crippen LogP contribution in [-0.2, 0) is 6.18 Å². The predicted octanol–water partition coefficient (Wildman–Crippen LogP) is 2.83. The summed E-state index contributed by atoms with van der Waals surface area (Å²) in [7, 11) is 0. The number of carbonyl (C=O) groups is 1. The molecule has 1 aromatic carbocycles. The van der Waals surface area contributed by atoms with Crippen molar-refractivity contribution in [2.24, 2.45) is 0 Å². The molecule has 3 rings (SSSR count). The maximum atomic E-state index is 12.5. The normalized spacial score (nSPS) is 11.3. The van der Waals surface area contributed by atoms with Crippen LogP contribution >= 0.6 is 0 Å². The highest BCUT2D eigenvalue weighted by atomic mass is 19.4. The van der Waals surface area contributed by atoms with E-state index in [2.05, 4.69) is 15.4 Å². The first-order chi connectivity index (χ1) is 11.9. The Kier molecular flexibility index (Phi) is 4.14. The van der Waals surface area contributed by atoms with Crippen molar-refractivity contribution in [3.63, 3.8) is 0 Å². The number of halogens is 3. The number of nitrogens with zero attached hydrogens (tertiary/aromatic N) is 2. The first kappa shape index (κ1) is 16.5. The smallest absolute Gasteiger partial charge is 0.316 e. The number of hydrogen-bond donors (Lipinski definition) is 2. The molecule has 0 aliphatic carbocycles. The summed E-state index contributed by atoms with van der Waals surface area (Å²) in [5.74, 6) is -0.512. The fourth-order valence-corrected chi connectivity index (χ4v) is 2.10. The first-order valence-electron chi connectivity index (χ1n) is 7.07. The Balaban J connectivity index is 1.84. The van der Waals surface area contributed by atoms with Crippen molar-refractivity contribution >= 4 is 11.6 Å². The maximum absolute atomic E-state index is 12.5. The zero-order valence-electron chi connectivity index (χ0n) is 12.5. The molecule has 0 aliphatic heterocycles. The van der Waals surface area contributed by atoms with Gasteiger partial charge in [0, 0.05) is 18.0 Å². The summed E-state index contributed by atoms with van der Waals surface area (Å²) in [4.78, 5) is 28.0. The van der Waals surface area contributed by atoms with E-state index in [0.29, 0.717) is 11.8 Å². The van der Waals surface area contributed by atoms with Crippen LogP contribution in [0.1, 0.15) is 15.9 Å². The lowest BCUT2D eigenvalue weighted by Crippen LogP contribution is -2.21. The fraction of sp³-hybridized carbons (Fsp3) is 0.0625. The minimum Gasteiger partial charge on any atom is -0.316 e. The first-order valence-corrected chi connectivity index (χ1v) is 7.07. The van der Waals surface area contributed by atoms with E-state index in [4.69, 9.17) is 0 Å². The number of nitrogens with one attached hydrogen (secondary N) is 2. The number of H-pyrrole nitrogens is 1. The Labute approximate surface area is 138 Å². The van der Waals surface area contributed by atoms with E-state index in [0.717, 1.165) is 16.8 Å². The summed E-state index contributed by atoms with van der Waals surface area (Å²) >= 11 is 0. The van der Waals surface area contributed by atoms with Gasteiger partial charge in [-0.3, -0.25) is 14.7 Å². The number of benzene rings is 1. The molecular formula is C16H11F3N4O2. The van der Waals surface area contributed by atoms with Gasteiger partial charge in [-0.25, -0.2) is 4.98 Å². The number of aromatic nitrogens is 3. The van der Waals surface area contributed by atoms with Crippen molar-refractivity contribution in [2.45, 2.75) is 6.18 Å². The van der Waals surface area contributed by atoms with Gasteiger partial charge in [0.1, 0.15) is 5.69 Å². The van der Waals surface area contributed by atoms with Crippen LogP contribution in [-0.4, -0.2) is 20.7 Å². The maximum Gasteiger partial charge on any atom is 0.417 e. The van der Waals surface area contributed by atoms with Crippen molar-refractivity contribution in [3.05, 3.63) is 76.3 Å². The molecule has 0 atom stereocenters. The quantitative estimate of drug-likeness (QED) is 0.764. The van der Waals surface area contributed by atoms with E-state index in [1.54, 1.807) is 30.3 Å². The lowest BCUT2D eigenvalue weighted by molar-refractivity contribution is -0.137. The van der Waals surface area contributed by atoms with E-state index in [1.165, 1.54) is 6.20 Å². The predicted molar refractivity (Wildman–Crippen MR) is 83.6 cm³/mol. The molecule has 0 unspecified atom stereocenters. The van der Waals surface area contributed by atoms with Crippen LogP contribution in [0.15, 0.2) is 59.7 Å². The van der Waals surface area contributed by atoms with Gasteiger partial charge in [-0.05, 0) is 24.3 Å². The van der Waals surface area contributed by atoms with Crippen LogP contribution in [0.3, 0.4) is 0 Å². The van der Waals surface area contributed by atoms with Gasteiger partial charge < -0.3 is 5.32 Å². The minimum atomic E-state index is -4.51. The third kappa shape index (κ3) is 3.44. The number of amides is 1. The second-order valence-corrected chi connectivity index (χ2v) is 5.05. The highest BCUT2D eigenvalue weighted by Gasteiger charge is 2.30. The monoisotopic (exact) mass is 348 g/mol. The van der Waals surface area contributed by atoms with E-state index in [9.17, 15) is 22.8 Å². The molecule has 0 saturated heterocycles. The molecule has 0 saturated carbocycles. The molecule has 2 heterocycles. The number of anilines is 1. The molecule has 2 N–H and O–H groups in total. The number of carbonyl (C=O) groups excluding carboxylic acids is 1. The third-order valence-corrected chi connectivity index (χ3v) is 3.36. The molecule has 25 heavy (non-hydrogen) atoms. The molecule has 1 amide bonds. The van der Waals surface area contributed by atoms with Gasteiger partial charge in [-0.1, -0.05) is 18.2 Å². The van der Waals surface area contributed by atoms with Crippen LogP contribution in [0.25, 0.3) is 5.82 Å². The van der Waals surface area contributed by atoms with Gasteiger partial charge in [0.25, 0.3) is 11.5 Å². The number of hydrogen-bond acceptors (Lipinski definition) is 3. The molecule has 0 spiro atoms. The molecular weight excluding hydrogens is 337 g/mol. The Morgan fingerprint density at radius 1 is 1.12 bits per heavy atom. The standard InChI is InChI=1S/C16H11F3N4O2/c17-16(18,19)11-6-7-13(20-8-11)23-15(25)12(9-21-23)22-14(24)10-4-2-1-3-5-10/h1-9,21H,(H,22,24). The van der Waals surface area contributed by atoms with Gasteiger partial charge in [0.05, 0.1) is 5.56 Å². The fourth-order valence-electron chi connectivity index (χ4n) is 2.10. The molecule has 128 valence electrons. The van der Waals surface area contributed by atoms with Crippen LogP contribution in [0.4, 0.5) is 18.9 Å². The van der Waals surface area contributed by atoms with Crippen LogP contribution in [0.2, 0.25) is 0 Å². The van der Waals surface area contributed by atoms with Gasteiger partial charge >= 0.3 is 6.18 Å². The Hall–Kier alpha value is -3.36. The molecule has 0 radical (unpaired) electrons. The Bertz CT molecular complexity index is 944. The number of aromatic amines is 1. The van der Waals surface area contributed by atoms with E-state index in [1.807, 2.05) is 0 Å². The van der Waals surface area contributed by atoms with Crippen molar-refractivity contribution in [1.82, 2.24) is 14.8 Å². The van der Waals surface area contributed by atoms with Gasteiger partial charge in [-0.2, -0.15) is 17.9 Å². The number of rotatable bonds is 3.